The van der Waals surface area contributed by atoms with Crippen LogP contribution in [-0.2, 0) is 7.05 Å². The first-order chi connectivity index (χ1) is 17.3. The van der Waals surface area contributed by atoms with Gasteiger partial charge in [0.1, 0.15) is 12.1 Å². The maximum absolute atomic E-state index is 13.5. The molecule has 0 bridgehead atoms. The van der Waals surface area contributed by atoms with Crippen LogP contribution in [0.15, 0.2) is 46.2 Å². The number of hydrogen-bond donors (Lipinski definition) is 0. The third-order valence-corrected chi connectivity index (χ3v) is 7.24. The molecule has 0 amide bonds. The van der Waals surface area contributed by atoms with Crippen LogP contribution < -0.4 is 25.6 Å². The molecule has 1 aliphatic heterocycles. The molecule has 1 saturated heterocycles. The molecule has 0 aliphatic carbocycles. The highest BCUT2D eigenvalue weighted by Crippen LogP contribution is 2.36. The summed E-state index contributed by atoms with van der Waals surface area (Å²) in [6.45, 7) is 5.51. The normalized spacial score (nSPS) is 14.7. The van der Waals surface area contributed by atoms with Gasteiger partial charge in [-0.1, -0.05) is 19.9 Å². The summed E-state index contributed by atoms with van der Waals surface area (Å²) in [5.41, 5.74) is 2.04. The molecule has 0 unspecified atom stereocenters. The van der Waals surface area contributed by atoms with E-state index >= 15 is 0 Å². The summed E-state index contributed by atoms with van der Waals surface area (Å²) >= 11 is 0. The fraction of sp³-hybridized carbons (Fsp3) is 0.407. The van der Waals surface area contributed by atoms with E-state index in [-0.39, 0.29) is 17.3 Å². The van der Waals surface area contributed by atoms with Gasteiger partial charge >= 0.3 is 5.69 Å². The zero-order valence-electron chi connectivity index (χ0n) is 21.3. The average molecular weight is 490 g/mol. The summed E-state index contributed by atoms with van der Waals surface area (Å²) in [5.74, 6) is 2.33. The van der Waals surface area contributed by atoms with E-state index in [0.717, 1.165) is 22.3 Å². The highest BCUT2D eigenvalue weighted by molar-refractivity contribution is 5.92. The minimum absolute atomic E-state index is 0.178. The van der Waals surface area contributed by atoms with Gasteiger partial charge in [0.05, 0.1) is 30.6 Å². The summed E-state index contributed by atoms with van der Waals surface area (Å²) in [6.07, 6.45) is 2.86. The van der Waals surface area contributed by atoms with Gasteiger partial charge in [0.25, 0.3) is 5.56 Å². The molecule has 9 heteroatoms. The van der Waals surface area contributed by atoms with Gasteiger partial charge in [-0.25, -0.2) is 14.8 Å². The molecule has 0 N–H and O–H groups in total. The fourth-order valence-corrected chi connectivity index (χ4v) is 5.14. The van der Waals surface area contributed by atoms with Gasteiger partial charge in [0, 0.05) is 37.6 Å². The van der Waals surface area contributed by atoms with Crippen LogP contribution in [0, 0.1) is 0 Å². The molecule has 2 aromatic heterocycles. The number of fused-ring (bicyclic) bond motifs is 2. The summed E-state index contributed by atoms with van der Waals surface area (Å²) in [6, 6.07) is 9.36. The predicted molar refractivity (Wildman–Crippen MR) is 141 cm³/mol. The first-order valence-corrected chi connectivity index (χ1v) is 12.2. The smallest absolute Gasteiger partial charge is 0.331 e. The van der Waals surface area contributed by atoms with Crippen LogP contribution in [0.1, 0.15) is 44.2 Å². The Morgan fingerprint density at radius 2 is 1.64 bits per heavy atom. The van der Waals surface area contributed by atoms with E-state index in [1.807, 2.05) is 30.3 Å². The lowest BCUT2D eigenvalue weighted by molar-refractivity contribution is 0.355. The Morgan fingerprint density at radius 3 is 2.31 bits per heavy atom. The van der Waals surface area contributed by atoms with Crippen molar-refractivity contribution in [3.05, 3.63) is 63.1 Å². The van der Waals surface area contributed by atoms with Crippen molar-refractivity contribution in [3.63, 3.8) is 0 Å². The van der Waals surface area contributed by atoms with E-state index in [1.165, 1.54) is 4.57 Å². The van der Waals surface area contributed by atoms with E-state index in [1.54, 1.807) is 32.2 Å². The van der Waals surface area contributed by atoms with E-state index < -0.39 is 0 Å². The molecule has 5 rings (SSSR count). The third kappa shape index (κ3) is 3.88. The zero-order chi connectivity index (χ0) is 25.6. The van der Waals surface area contributed by atoms with Gasteiger partial charge in [0.2, 0.25) is 0 Å². The lowest BCUT2D eigenvalue weighted by Crippen LogP contribution is -2.45. The van der Waals surface area contributed by atoms with Gasteiger partial charge in [0.15, 0.2) is 11.5 Å². The maximum Gasteiger partial charge on any atom is 0.331 e. The second-order valence-corrected chi connectivity index (χ2v) is 9.59. The van der Waals surface area contributed by atoms with Crippen LogP contribution in [-0.4, -0.2) is 46.4 Å². The number of piperidine rings is 1. The number of aromatic nitrogens is 4. The number of ether oxygens (including phenoxy) is 2. The van der Waals surface area contributed by atoms with E-state index in [0.29, 0.717) is 54.3 Å². The summed E-state index contributed by atoms with van der Waals surface area (Å²) < 4.78 is 13.9. The highest BCUT2D eigenvalue weighted by atomic mass is 16.5. The molecular formula is C27H31N5O4. The molecule has 188 valence electrons. The molecule has 36 heavy (non-hydrogen) atoms. The highest BCUT2D eigenvalue weighted by Gasteiger charge is 2.27. The van der Waals surface area contributed by atoms with Crippen molar-refractivity contribution < 1.29 is 9.47 Å². The van der Waals surface area contributed by atoms with Crippen molar-refractivity contribution in [2.24, 2.45) is 7.05 Å². The summed E-state index contributed by atoms with van der Waals surface area (Å²) in [7, 11) is 4.93. The van der Waals surface area contributed by atoms with Crippen LogP contribution in [0.25, 0.3) is 21.8 Å². The quantitative estimate of drug-likeness (QED) is 0.423. The fourth-order valence-electron chi connectivity index (χ4n) is 5.14. The van der Waals surface area contributed by atoms with Crippen LogP contribution >= 0.6 is 0 Å². The summed E-state index contributed by atoms with van der Waals surface area (Å²) in [4.78, 5) is 37.9. The number of aryl methyl sites for hydroxylation is 1. The Labute approximate surface area is 208 Å². The van der Waals surface area contributed by atoms with E-state index in [2.05, 4.69) is 28.7 Å². The minimum Gasteiger partial charge on any atom is -0.493 e. The number of rotatable bonds is 5. The minimum atomic E-state index is -0.271. The van der Waals surface area contributed by atoms with Gasteiger partial charge < -0.3 is 14.4 Å². The Kier molecular flexibility index (Phi) is 6.15. The Bertz CT molecular complexity index is 1570. The first-order valence-electron chi connectivity index (χ1n) is 12.2. The molecule has 2 aromatic carbocycles. The molecule has 1 aliphatic rings. The maximum atomic E-state index is 13.5. The van der Waals surface area contributed by atoms with E-state index in [4.69, 9.17) is 9.47 Å². The molecular weight excluding hydrogens is 458 g/mol. The SMILES string of the molecule is COc1cc2ncnc(N3CCC(n4c(=O)c5cc(C(C)C)ccc5n(C)c4=O)CC3)c2cc1OC. The van der Waals surface area contributed by atoms with E-state index in [9.17, 15) is 9.59 Å². The molecule has 3 heterocycles. The molecule has 9 nitrogen and oxygen atoms in total. The monoisotopic (exact) mass is 489 g/mol. The standard InChI is InChI=1S/C27H31N5O4/c1-16(2)17-6-7-22-20(12-17)26(33)32(27(34)30(22)3)18-8-10-31(11-9-18)25-19-13-23(35-4)24(36-5)14-21(19)28-15-29-25/h6-7,12-16,18H,8-11H2,1-5H3. The van der Waals surface area contributed by atoms with Gasteiger partial charge in [-0.3, -0.25) is 13.9 Å². The average Bonchev–Trinajstić information content (AvgIpc) is 2.90. The lowest BCUT2D eigenvalue weighted by Gasteiger charge is -2.34. The number of nitrogens with zero attached hydrogens (tertiary/aromatic N) is 5. The van der Waals surface area contributed by atoms with Crippen LogP contribution in [0.2, 0.25) is 0 Å². The lowest BCUT2D eigenvalue weighted by atomic mass is 10.0. The van der Waals surface area contributed by atoms with Gasteiger partial charge in [-0.05, 0) is 42.5 Å². The zero-order valence-corrected chi connectivity index (χ0v) is 21.3. The number of benzene rings is 2. The molecule has 0 saturated carbocycles. The number of anilines is 1. The molecule has 0 atom stereocenters. The van der Waals surface area contributed by atoms with Crippen LogP contribution in [0.4, 0.5) is 5.82 Å². The van der Waals surface area contributed by atoms with Gasteiger partial charge in [-0.15, -0.1) is 0 Å². The first kappa shape index (κ1) is 23.8. The predicted octanol–water partition coefficient (Wildman–Crippen LogP) is 3.63. The van der Waals surface area contributed by atoms with Crippen LogP contribution in [0.5, 0.6) is 11.5 Å². The molecule has 1 fully saturated rings. The number of methoxy groups -OCH3 is 2. The molecule has 0 spiro atoms. The topological polar surface area (TPSA) is 91.5 Å². The largest absolute Gasteiger partial charge is 0.493 e. The van der Waals surface area contributed by atoms with Crippen molar-refractivity contribution in [1.29, 1.82) is 0 Å². The second-order valence-electron chi connectivity index (χ2n) is 9.59. The van der Waals surface area contributed by atoms with Crippen molar-refractivity contribution in [2.45, 2.75) is 38.6 Å². The van der Waals surface area contributed by atoms with Crippen LogP contribution in [0.3, 0.4) is 0 Å². The second kappa shape index (κ2) is 9.29. The Balaban J connectivity index is 1.48. The summed E-state index contributed by atoms with van der Waals surface area (Å²) in [5, 5.41) is 1.46. The Hall–Kier alpha value is -3.88. The Morgan fingerprint density at radius 1 is 0.944 bits per heavy atom. The van der Waals surface area contributed by atoms with Crippen molar-refractivity contribution in [2.75, 3.05) is 32.2 Å². The van der Waals surface area contributed by atoms with Crippen molar-refractivity contribution in [3.8, 4) is 11.5 Å². The molecule has 0 radical (unpaired) electrons. The third-order valence-electron chi connectivity index (χ3n) is 7.24. The van der Waals surface area contributed by atoms with Gasteiger partial charge in [-0.2, -0.15) is 0 Å². The number of hydrogen-bond acceptors (Lipinski definition) is 7. The van der Waals surface area contributed by atoms with Crippen molar-refractivity contribution in [1.82, 2.24) is 19.1 Å². The molecule has 4 aromatic rings. The van der Waals surface area contributed by atoms with Crippen molar-refractivity contribution >= 4 is 27.6 Å².